The quantitative estimate of drug-likeness (QED) is 0.706. The lowest BCUT2D eigenvalue weighted by Gasteiger charge is -2.01. The van der Waals surface area contributed by atoms with E-state index in [0.717, 1.165) is 12.1 Å². The van der Waals surface area contributed by atoms with Gasteiger partial charge in [0.25, 0.3) is 0 Å². The highest BCUT2D eigenvalue weighted by molar-refractivity contribution is 5.79. The number of fused-ring (bicyclic) bond motifs is 1. The molecule has 3 aromatic rings. The number of aromatic nitrogens is 2. The number of aryl methyl sites for hydroxylation is 1. The van der Waals surface area contributed by atoms with Crippen molar-refractivity contribution in [2.45, 2.75) is 13.3 Å². The van der Waals surface area contributed by atoms with Gasteiger partial charge in [-0.25, -0.2) is 4.98 Å². The van der Waals surface area contributed by atoms with Gasteiger partial charge in [0.15, 0.2) is 0 Å². The zero-order valence-electron chi connectivity index (χ0n) is 9.77. The van der Waals surface area contributed by atoms with Crippen LogP contribution in [0.3, 0.4) is 0 Å². The maximum absolute atomic E-state index is 4.31. The molecule has 1 N–H and O–H groups in total. The Morgan fingerprint density at radius 1 is 1.18 bits per heavy atom. The number of H-pyrrole nitrogens is 1. The second kappa shape index (κ2) is 4.06. The summed E-state index contributed by atoms with van der Waals surface area (Å²) in [6.07, 6.45) is 4.82. The maximum Gasteiger partial charge on any atom is 0.137 e. The number of hydrogen-bond donors (Lipinski definition) is 1. The van der Waals surface area contributed by atoms with Gasteiger partial charge >= 0.3 is 0 Å². The molecule has 2 heterocycles. The minimum Gasteiger partial charge on any atom is -0.346 e. The zero-order chi connectivity index (χ0) is 11.7. The van der Waals surface area contributed by atoms with Crippen molar-refractivity contribution in [3.05, 3.63) is 65.5 Å². The smallest absolute Gasteiger partial charge is 0.137 e. The Kier molecular flexibility index (Phi) is 2.41. The number of pyridine rings is 1. The minimum absolute atomic E-state index is 0.952. The highest BCUT2D eigenvalue weighted by Crippen LogP contribution is 2.19. The second-order valence-electron chi connectivity index (χ2n) is 4.38. The Hall–Kier alpha value is -2.09. The van der Waals surface area contributed by atoms with E-state index in [-0.39, 0.29) is 0 Å². The van der Waals surface area contributed by atoms with Crippen molar-refractivity contribution in [1.29, 1.82) is 0 Å². The molecule has 0 unspecified atom stereocenters. The van der Waals surface area contributed by atoms with Crippen LogP contribution in [0.25, 0.3) is 11.0 Å². The average molecular weight is 222 g/mol. The Labute approximate surface area is 100 Å². The normalized spacial score (nSPS) is 10.9. The van der Waals surface area contributed by atoms with E-state index in [1.165, 1.54) is 22.1 Å². The van der Waals surface area contributed by atoms with E-state index in [9.17, 15) is 0 Å². The summed E-state index contributed by atoms with van der Waals surface area (Å²) in [6, 6.07) is 12.7. The van der Waals surface area contributed by atoms with Crippen molar-refractivity contribution in [3.8, 4) is 0 Å². The first-order valence-corrected chi connectivity index (χ1v) is 5.79. The van der Waals surface area contributed by atoms with Crippen molar-refractivity contribution < 1.29 is 0 Å². The monoisotopic (exact) mass is 222 g/mol. The maximum atomic E-state index is 4.31. The summed E-state index contributed by atoms with van der Waals surface area (Å²) >= 11 is 0. The van der Waals surface area contributed by atoms with Crippen molar-refractivity contribution >= 4 is 11.0 Å². The molecular weight excluding hydrogens is 208 g/mol. The molecule has 0 bridgehead atoms. The van der Waals surface area contributed by atoms with Gasteiger partial charge in [0, 0.05) is 17.8 Å². The Morgan fingerprint density at radius 2 is 2.12 bits per heavy atom. The van der Waals surface area contributed by atoms with Gasteiger partial charge in [-0.3, -0.25) is 0 Å². The number of hydrogen-bond acceptors (Lipinski definition) is 1. The van der Waals surface area contributed by atoms with Crippen molar-refractivity contribution in [3.63, 3.8) is 0 Å². The topological polar surface area (TPSA) is 28.7 Å². The Balaban J connectivity index is 2.00. The highest BCUT2D eigenvalue weighted by Gasteiger charge is 2.04. The second-order valence-corrected chi connectivity index (χ2v) is 4.38. The summed E-state index contributed by atoms with van der Waals surface area (Å²) in [5, 5.41) is 1.22. The lowest BCUT2D eigenvalue weighted by atomic mass is 10.0. The van der Waals surface area contributed by atoms with Crippen LogP contribution in [0.4, 0.5) is 0 Å². The van der Waals surface area contributed by atoms with Gasteiger partial charge in [0.05, 0.1) is 0 Å². The molecule has 2 heteroatoms. The summed E-state index contributed by atoms with van der Waals surface area (Å²) in [5.74, 6) is 0. The summed E-state index contributed by atoms with van der Waals surface area (Å²) in [4.78, 5) is 7.52. The summed E-state index contributed by atoms with van der Waals surface area (Å²) < 4.78 is 0. The molecule has 0 saturated carbocycles. The van der Waals surface area contributed by atoms with Crippen LogP contribution in [-0.2, 0) is 6.42 Å². The predicted molar refractivity (Wildman–Crippen MR) is 70.1 cm³/mol. The zero-order valence-corrected chi connectivity index (χ0v) is 9.77. The largest absolute Gasteiger partial charge is 0.346 e. The molecule has 0 aliphatic heterocycles. The SMILES string of the molecule is Cc1cccc(Cc2c[nH]c3ncccc23)c1. The third-order valence-corrected chi connectivity index (χ3v) is 3.01. The fourth-order valence-electron chi connectivity index (χ4n) is 2.20. The van der Waals surface area contributed by atoms with Crippen molar-refractivity contribution in [2.24, 2.45) is 0 Å². The molecule has 2 aromatic heterocycles. The van der Waals surface area contributed by atoms with Crippen molar-refractivity contribution in [1.82, 2.24) is 9.97 Å². The van der Waals surface area contributed by atoms with Crippen molar-refractivity contribution in [2.75, 3.05) is 0 Å². The molecule has 2 nitrogen and oxygen atoms in total. The van der Waals surface area contributed by atoms with Gasteiger partial charge in [-0.1, -0.05) is 29.8 Å². The van der Waals surface area contributed by atoms with Gasteiger partial charge in [0.2, 0.25) is 0 Å². The molecule has 0 fully saturated rings. The van der Waals surface area contributed by atoms with Gasteiger partial charge in [-0.15, -0.1) is 0 Å². The summed E-state index contributed by atoms with van der Waals surface area (Å²) in [7, 11) is 0. The number of nitrogens with one attached hydrogen (secondary N) is 1. The first-order chi connectivity index (χ1) is 8.33. The Morgan fingerprint density at radius 3 is 3.00 bits per heavy atom. The van der Waals surface area contributed by atoms with Crippen LogP contribution < -0.4 is 0 Å². The number of rotatable bonds is 2. The van der Waals surface area contributed by atoms with E-state index in [2.05, 4.69) is 53.4 Å². The molecule has 1 aromatic carbocycles. The van der Waals surface area contributed by atoms with E-state index >= 15 is 0 Å². The van der Waals surface area contributed by atoms with Crippen LogP contribution in [-0.4, -0.2) is 9.97 Å². The third kappa shape index (κ3) is 1.94. The lowest BCUT2D eigenvalue weighted by Crippen LogP contribution is -1.87. The van der Waals surface area contributed by atoms with Crippen LogP contribution in [0.1, 0.15) is 16.7 Å². The molecule has 0 aliphatic rings. The van der Waals surface area contributed by atoms with E-state index in [0.29, 0.717) is 0 Å². The summed E-state index contributed by atoms with van der Waals surface area (Å²) in [5.41, 5.74) is 4.92. The number of benzene rings is 1. The Bertz CT molecular complexity index is 653. The van der Waals surface area contributed by atoms with E-state index in [1.807, 2.05) is 12.3 Å². The van der Waals surface area contributed by atoms with Crippen LogP contribution in [0, 0.1) is 6.92 Å². The first-order valence-electron chi connectivity index (χ1n) is 5.79. The predicted octanol–water partition coefficient (Wildman–Crippen LogP) is 3.46. The lowest BCUT2D eigenvalue weighted by molar-refractivity contribution is 1.19. The fraction of sp³-hybridized carbons (Fsp3) is 0.133. The van der Waals surface area contributed by atoms with E-state index in [4.69, 9.17) is 0 Å². The van der Waals surface area contributed by atoms with Crippen LogP contribution in [0.15, 0.2) is 48.8 Å². The van der Waals surface area contributed by atoms with E-state index < -0.39 is 0 Å². The van der Waals surface area contributed by atoms with E-state index in [1.54, 1.807) is 0 Å². The summed E-state index contributed by atoms with van der Waals surface area (Å²) in [6.45, 7) is 2.13. The molecule has 0 saturated heterocycles. The molecule has 3 rings (SSSR count). The highest BCUT2D eigenvalue weighted by atomic mass is 14.8. The standard InChI is InChI=1S/C15H14N2/c1-11-4-2-5-12(8-11)9-13-10-17-15-14(13)6-3-7-16-15/h2-8,10H,9H2,1H3,(H,16,17). The van der Waals surface area contributed by atoms with Crippen LogP contribution in [0.5, 0.6) is 0 Å². The molecule has 0 amide bonds. The molecule has 0 aliphatic carbocycles. The van der Waals surface area contributed by atoms with Gasteiger partial charge < -0.3 is 4.98 Å². The average Bonchev–Trinajstić information content (AvgIpc) is 2.73. The molecule has 0 radical (unpaired) electrons. The molecule has 0 atom stereocenters. The first kappa shape index (κ1) is 10.1. The molecule has 84 valence electrons. The third-order valence-electron chi connectivity index (χ3n) is 3.01. The van der Waals surface area contributed by atoms with Gasteiger partial charge in [0.1, 0.15) is 5.65 Å². The molecular formula is C15H14N2. The molecule has 17 heavy (non-hydrogen) atoms. The van der Waals surface area contributed by atoms with Gasteiger partial charge in [-0.2, -0.15) is 0 Å². The molecule has 0 spiro atoms. The van der Waals surface area contributed by atoms with Gasteiger partial charge in [-0.05, 0) is 36.6 Å². The number of aromatic amines is 1. The fourth-order valence-corrected chi connectivity index (χ4v) is 2.20. The number of nitrogens with zero attached hydrogens (tertiary/aromatic N) is 1. The minimum atomic E-state index is 0.952. The van der Waals surface area contributed by atoms with Crippen LogP contribution >= 0.6 is 0 Å². The van der Waals surface area contributed by atoms with Crippen LogP contribution in [0.2, 0.25) is 0 Å².